The van der Waals surface area contributed by atoms with Crippen LogP contribution in [0, 0.1) is 6.92 Å². The van der Waals surface area contributed by atoms with Gasteiger partial charge in [0.05, 0.1) is 19.7 Å². The van der Waals surface area contributed by atoms with Crippen LogP contribution in [0.15, 0.2) is 28.0 Å². The van der Waals surface area contributed by atoms with Crippen molar-refractivity contribution in [2.45, 2.75) is 32.9 Å². The van der Waals surface area contributed by atoms with Crippen molar-refractivity contribution in [1.29, 1.82) is 0 Å². The third kappa shape index (κ3) is 5.17. The topological polar surface area (TPSA) is 71.8 Å². The van der Waals surface area contributed by atoms with E-state index in [1.165, 1.54) is 12.0 Å². The lowest BCUT2D eigenvalue weighted by Crippen LogP contribution is -2.43. The SMILES string of the molecule is COC(=O)c1cc(CN(C)C(C)C(=O)NCCc2cccs2)oc1C. The van der Waals surface area contributed by atoms with Crippen LogP contribution in [-0.2, 0) is 22.5 Å². The Labute approximate surface area is 151 Å². The third-order valence-electron chi connectivity index (χ3n) is 4.07. The van der Waals surface area contributed by atoms with Crippen LogP contribution in [0.2, 0.25) is 0 Å². The number of carbonyl (C=O) groups is 2. The number of amides is 1. The summed E-state index contributed by atoms with van der Waals surface area (Å²) in [5.74, 6) is 0.687. The van der Waals surface area contributed by atoms with Crippen LogP contribution >= 0.6 is 11.3 Å². The van der Waals surface area contributed by atoms with E-state index >= 15 is 0 Å². The van der Waals surface area contributed by atoms with Crippen molar-refractivity contribution in [2.75, 3.05) is 20.7 Å². The molecule has 1 N–H and O–H groups in total. The van der Waals surface area contributed by atoms with Crippen molar-refractivity contribution in [3.05, 3.63) is 45.5 Å². The molecule has 2 aromatic heterocycles. The first-order chi connectivity index (χ1) is 11.9. The second-order valence-corrected chi connectivity index (χ2v) is 6.92. The molecular formula is C18H24N2O4S. The lowest BCUT2D eigenvalue weighted by atomic mass is 10.2. The van der Waals surface area contributed by atoms with Gasteiger partial charge in [0.2, 0.25) is 5.91 Å². The summed E-state index contributed by atoms with van der Waals surface area (Å²) >= 11 is 1.69. The fourth-order valence-corrected chi connectivity index (χ4v) is 3.14. The number of nitrogens with zero attached hydrogens (tertiary/aromatic N) is 1. The molecule has 0 radical (unpaired) electrons. The van der Waals surface area contributed by atoms with Gasteiger partial charge in [-0.25, -0.2) is 4.79 Å². The minimum absolute atomic E-state index is 0.0319. The number of aryl methyl sites for hydroxylation is 1. The molecule has 136 valence electrons. The van der Waals surface area contributed by atoms with E-state index in [-0.39, 0.29) is 11.9 Å². The molecule has 2 rings (SSSR count). The third-order valence-corrected chi connectivity index (χ3v) is 5.01. The minimum atomic E-state index is -0.422. The first-order valence-corrected chi connectivity index (χ1v) is 8.98. The quantitative estimate of drug-likeness (QED) is 0.729. The van der Waals surface area contributed by atoms with Crippen LogP contribution in [0.3, 0.4) is 0 Å². The highest BCUT2D eigenvalue weighted by molar-refractivity contribution is 7.09. The molecule has 6 nitrogen and oxygen atoms in total. The Balaban J connectivity index is 1.85. The zero-order valence-electron chi connectivity index (χ0n) is 15.0. The summed E-state index contributed by atoms with van der Waals surface area (Å²) in [6.07, 6.45) is 0.833. The van der Waals surface area contributed by atoms with Gasteiger partial charge >= 0.3 is 5.97 Å². The van der Waals surface area contributed by atoms with Crippen LogP contribution in [-0.4, -0.2) is 43.5 Å². The van der Waals surface area contributed by atoms with Crippen molar-refractivity contribution in [1.82, 2.24) is 10.2 Å². The molecular weight excluding hydrogens is 340 g/mol. The second kappa shape index (κ2) is 8.82. The fourth-order valence-electron chi connectivity index (χ4n) is 2.43. The Kier molecular flexibility index (Phi) is 6.78. The van der Waals surface area contributed by atoms with Crippen molar-refractivity contribution in [3.8, 4) is 0 Å². The predicted molar refractivity (Wildman–Crippen MR) is 96.7 cm³/mol. The molecule has 0 fully saturated rings. The van der Waals surface area contributed by atoms with Gasteiger partial charge in [-0.1, -0.05) is 6.07 Å². The highest BCUT2D eigenvalue weighted by atomic mass is 32.1. The molecule has 0 spiro atoms. The van der Waals surface area contributed by atoms with E-state index in [1.54, 1.807) is 24.3 Å². The number of furan rings is 1. The van der Waals surface area contributed by atoms with Gasteiger partial charge in [-0.2, -0.15) is 0 Å². The van der Waals surface area contributed by atoms with E-state index in [2.05, 4.69) is 11.4 Å². The maximum absolute atomic E-state index is 12.3. The van der Waals surface area contributed by atoms with Gasteiger partial charge in [-0.05, 0) is 44.8 Å². The van der Waals surface area contributed by atoms with E-state index < -0.39 is 5.97 Å². The first kappa shape index (κ1) is 19.2. The average Bonchev–Trinajstić information content (AvgIpc) is 3.23. The molecule has 2 heterocycles. The molecule has 0 aromatic carbocycles. The lowest BCUT2D eigenvalue weighted by Gasteiger charge is -2.22. The first-order valence-electron chi connectivity index (χ1n) is 8.10. The number of hydrogen-bond acceptors (Lipinski definition) is 6. The number of rotatable bonds is 8. The highest BCUT2D eigenvalue weighted by Crippen LogP contribution is 2.17. The predicted octanol–water partition coefficient (Wildman–Crippen LogP) is 2.62. The normalized spacial score (nSPS) is 12.2. The summed E-state index contributed by atoms with van der Waals surface area (Å²) in [4.78, 5) is 27.0. The van der Waals surface area contributed by atoms with Crippen LogP contribution in [0.1, 0.15) is 33.7 Å². The van der Waals surface area contributed by atoms with Gasteiger partial charge in [-0.15, -0.1) is 11.3 Å². The van der Waals surface area contributed by atoms with E-state index in [9.17, 15) is 9.59 Å². The molecule has 0 aliphatic rings. The minimum Gasteiger partial charge on any atom is -0.465 e. The Bertz CT molecular complexity index is 709. The van der Waals surface area contributed by atoms with E-state index in [4.69, 9.17) is 9.15 Å². The number of ether oxygens (including phenoxy) is 1. The standard InChI is InChI=1S/C18H24N2O4S/c1-12(17(21)19-8-7-15-6-5-9-25-15)20(3)11-14-10-16(13(2)24-14)18(22)23-4/h5-6,9-10,12H,7-8,11H2,1-4H3,(H,19,21). The summed E-state index contributed by atoms with van der Waals surface area (Å²) in [6.45, 7) is 4.61. The Morgan fingerprint density at radius 2 is 2.20 bits per heavy atom. The number of carbonyl (C=O) groups excluding carboxylic acids is 2. The van der Waals surface area contributed by atoms with Gasteiger partial charge in [0.1, 0.15) is 17.1 Å². The van der Waals surface area contributed by atoms with Crippen LogP contribution in [0.25, 0.3) is 0 Å². The largest absolute Gasteiger partial charge is 0.465 e. The van der Waals surface area contributed by atoms with Crippen LogP contribution in [0.5, 0.6) is 0 Å². The summed E-state index contributed by atoms with van der Waals surface area (Å²) in [5.41, 5.74) is 0.416. The Morgan fingerprint density at radius 3 is 2.84 bits per heavy atom. The molecule has 1 amide bonds. The molecule has 0 aliphatic carbocycles. The highest BCUT2D eigenvalue weighted by Gasteiger charge is 2.21. The van der Waals surface area contributed by atoms with Crippen LogP contribution in [0.4, 0.5) is 0 Å². The van der Waals surface area contributed by atoms with Crippen molar-refractivity contribution in [3.63, 3.8) is 0 Å². The zero-order valence-corrected chi connectivity index (χ0v) is 15.8. The smallest absolute Gasteiger partial charge is 0.341 e. The summed E-state index contributed by atoms with van der Waals surface area (Å²) in [6, 6.07) is 5.42. The molecule has 1 unspecified atom stereocenters. The maximum Gasteiger partial charge on any atom is 0.341 e. The monoisotopic (exact) mass is 364 g/mol. The molecule has 1 atom stereocenters. The van der Waals surface area contributed by atoms with Gasteiger partial charge in [0, 0.05) is 11.4 Å². The van der Waals surface area contributed by atoms with E-state index in [1.807, 2.05) is 30.3 Å². The van der Waals surface area contributed by atoms with E-state index in [0.717, 1.165) is 6.42 Å². The molecule has 2 aromatic rings. The number of likely N-dealkylation sites (N-methyl/N-ethyl adjacent to an activating group) is 1. The molecule has 25 heavy (non-hydrogen) atoms. The summed E-state index contributed by atoms with van der Waals surface area (Å²) in [7, 11) is 3.18. The summed E-state index contributed by atoms with van der Waals surface area (Å²) in [5, 5.41) is 4.98. The maximum atomic E-state index is 12.3. The van der Waals surface area contributed by atoms with Crippen molar-refractivity contribution >= 4 is 23.2 Å². The molecule has 7 heteroatoms. The lowest BCUT2D eigenvalue weighted by molar-refractivity contribution is -0.125. The fraction of sp³-hybridized carbons (Fsp3) is 0.444. The van der Waals surface area contributed by atoms with Gasteiger partial charge in [0.25, 0.3) is 0 Å². The second-order valence-electron chi connectivity index (χ2n) is 5.89. The average molecular weight is 364 g/mol. The summed E-state index contributed by atoms with van der Waals surface area (Å²) < 4.78 is 10.3. The molecule has 0 saturated heterocycles. The van der Waals surface area contributed by atoms with Gasteiger partial charge in [-0.3, -0.25) is 9.69 Å². The molecule has 0 saturated carbocycles. The van der Waals surface area contributed by atoms with E-state index in [0.29, 0.717) is 30.2 Å². The molecule has 0 aliphatic heterocycles. The number of nitrogens with one attached hydrogen (secondary N) is 1. The van der Waals surface area contributed by atoms with Crippen molar-refractivity contribution < 1.29 is 18.7 Å². The Morgan fingerprint density at radius 1 is 1.44 bits per heavy atom. The number of hydrogen-bond donors (Lipinski definition) is 1. The zero-order chi connectivity index (χ0) is 18.4. The van der Waals surface area contributed by atoms with Crippen molar-refractivity contribution in [2.24, 2.45) is 0 Å². The number of methoxy groups -OCH3 is 1. The molecule has 0 bridgehead atoms. The van der Waals surface area contributed by atoms with Gasteiger partial charge < -0.3 is 14.5 Å². The number of esters is 1. The van der Waals surface area contributed by atoms with Gasteiger partial charge in [0.15, 0.2) is 0 Å². The van der Waals surface area contributed by atoms with Crippen LogP contribution < -0.4 is 5.32 Å². The Hall–Kier alpha value is -2.12. The number of thiophene rings is 1.